The molecule has 1 fully saturated rings. The SMILES string of the molecule is O=C(Cc1ccc(C(F)(F)F)cc1)NNC(=O)C1CCCO1. The van der Waals surface area contributed by atoms with Crippen LogP contribution in [0.25, 0.3) is 0 Å². The van der Waals surface area contributed by atoms with E-state index < -0.39 is 29.7 Å². The Morgan fingerprint density at radius 2 is 1.86 bits per heavy atom. The van der Waals surface area contributed by atoms with Gasteiger partial charge in [-0.3, -0.25) is 20.4 Å². The molecule has 22 heavy (non-hydrogen) atoms. The minimum Gasteiger partial charge on any atom is -0.368 e. The van der Waals surface area contributed by atoms with Crippen molar-refractivity contribution in [1.82, 2.24) is 10.9 Å². The Morgan fingerprint density at radius 1 is 1.18 bits per heavy atom. The topological polar surface area (TPSA) is 67.4 Å². The van der Waals surface area contributed by atoms with Crippen molar-refractivity contribution in [3.05, 3.63) is 35.4 Å². The summed E-state index contributed by atoms with van der Waals surface area (Å²) in [4.78, 5) is 23.2. The molecule has 0 spiro atoms. The van der Waals surface area contributed by atoms with Gasteiger partial charge in [-0.25, -0.2) is 0 Å². The lowest BCUT2D eigenvalue weighted by atomic mass is 10.1. The van der Waals surface area contributed by atoms with Gasteiger partial charge in [0.25, 0.3) is 5.91 Å². The van der Waals surface area contributed by atoms with Gasteiger partial charge >= 0.3 is 6.18 Å². The van der Waals surface area contributed by atoms with Gasteiger partial charge in [0.2, 0.25) is 5.91 Å². The lowest BCUT2D eigenvalue weighted by molar-refractivity contribution is -0.137. The third-order valence-corrected chi connectivity index (χ3v) is 3.19. The van der Waals surface area contributed by atoms with Gasteiger partial charge in [-0.2, -0.15) is 13.2 Å². The summed E-state index contributed by atoms with van der Waals surface area (Å²) in [5.74, 6) is -0.954. The molecular formula is C14H15F3N2O3. The summed E-state index contributed by atoms with van der Waals surface area (Å²) >= 11 is 0. The zero-order valence-electron chi connectivity index (χ0n) is 11.6. The normalized spacial score (nSPS) is 18.0. The van der Waals surface area contributed by atoms with Crippen LogP contribution in [0.4, 0.5) is 13.2 Å². The Labute approximate surface area is 124 Å². The van der Waals surface area contributed by atoms with Crippen LogP contribution in [0.3, 0.4) is 0 Å². The molecule has 8 heteroatoms. The molecular weight excluding hydrogens is 301 g/mol. The van der Waals surface area contributed by atoms with Crippen LogP contribution in [0.2, 0.25) is 0 Å². The summed E-state index contributed by atoms with van der Waals surface area (Å²) in [6.07, 6.45) is -3.72. The van der Waals surface area contributed by atoms with Crippen molar-refractivity contribution in [2.75, 3.05) is 6.61 Å². The molecule has 1 aliphatic rings. The average molecular weight is 316 g/mol. The number of alkyl halides is 3. The van der Waals surface area contributed by atoms with Crippen LogP contribution in [0.1, 0.15) is 24.0 Å². The minimum atomic E-state index is -4.41. The molecule has 1 aromatic carbocycles. The Hall–Kier alpha value is -2.09. The molecule has 0 radical (unpaired) electrons. The van der Waals surface area contributed by atoms with Crippen molar-refractivity contribution < 1.29 is 27.5 Å². The van der Waals surface area contributed by atoms with Crippen molar-refractivity contribution in [1.29, 1.82) is 0 Å². The molecule has 1 unspecified atom stereocenters. The second-order valence-electron chi connectivity index (χ2n) is 4.91. The van der Waals surface area contributed by atoms with Gasteiger partial charge in [0.1, 0.15) is 6.10 Å². The molecule has 1 aliphatic heterocycles. The maximum Gasteiger partial charge on any atom is 0.416 e. The molecule has 0 saturated carbocycles. The lowest BCUT2D eigenvalue weighted by Crippen LogP contribution is -2.46. The Bertz CT molecular complexity index is 537. The summed E-state index contributed by atoms with van der Waals surface area (Å²) in [7, 11) is 0. The van der Waals surface area contributed by atoms with E-state index >= 15 is 0 Å². The van der Waals surface area contributed by atoms with Crippen molar-refractivity contribution in [3.8, 4) is 0 Å². The Morgan fingerprint density at radius 3 is 2.41 bits per heavy atom. The number of carbonyl (C=O) groups is 2. The van der Waals surface area contributed by atoms with Crippen LogP contribution < -0.4 is 10.9 Å². The fourth-order valence-corrected chi connectivity index (χ4v) is 2.04. The Kier molecular flexibility index (Phi) is 5.02. The van der Waals surface area contributed by atoms with E-state index in [1.54, 1.807) is 0 Å². The van der Waals surface area contributed by atoms with Gasteiger partial charge in [0.05, 0.1) is 12.0 Å². The standard InChI is InChI=1S/C14H15F3N2O3/c15-14(16,17)10-5-3-9(4-6-10)8-12(20)18-19-13(21)11-2-1-7-22-11/h3-6,11H,1-2,7-8H2,(H,18,20)(H,19,21). The summed E-state index contributed by atoms with van der Waals surface area (Å²) in [5, 5.41) is 0. The number of nitrogens with one attached hydrogen (secondary N) is 2. The maximum atomic E-state index is 12.4. The van der Waals surface area contributed by atoms with E-state index in [1.165, 1.54) is 12.1 Å². The molecule has 2 N–H and O–H groups in total. The van der Waals surface area contributed by atoms with Crippen LogP contribution in [0.5, 0.6) is 0 Å². The van der Waals surface area contributed by atoms with Crippen molar-refractivity contribution in [2.45, 2.75) is 31.5 Å². The van der Waals surface area contributed by atoms with Gasteiger partial charge in [0.15, 0.2) is 0 Å². The molecule has 2 amide bonds. The monoisotopic (exact) mass is 316 g/mol. The largest absolute Gasteiger partial charge is 0.416 e. The fourth-order valence-electron chi connectivity index (χ4n) is 2.04. The van der Waals surface area contributed by atoms with E-state index in [0.29, 0.717) is 18.6 Å². The third kappa shape index (κ3) is 4.45. The quantitative estimate of drug-likeness (QED) is 0.832. The third-order valence-electron chi connectivity index (χ3n) is 3.19. The highest BCUT2D eigenvalue weighted by Crippen LogP contribution is 2.29. The molecule has 0 aromatic heterocycles. The van der Waals surface area contributed by atoms with E-state index in [-0.39, 0.29) is 6.42 Å². The number of hydrogen-bond donors (Lipinski definition) is 2. The zero-order chi connectivity index (χ0) is 16.2. The number of hydrogen-bond acceptors (Lipinski definition) is 3. The predicted octanol–water partition coefficient (Wildman–Crippen LogP) is 1.57. The minimum absolute atomic E-state index is 0.135. The number of amides is 2. The summed E-state index contributed by atoms with van der Waals surface area (Å²) in [6, 6.07) is 4.27. The molecule has 1 saturated heterocycles. The second-order valence-corrected chi connectivity index (χ2v) is 4.91. The maximum absolute atomic E-state index is 12.4. The summed E-state index contributed by atoms with van der Waals surface area (Å²) < 4.78 is 42.3. The van der Waals surface area contributed by atoms with Gasteiger partial charge in [-0.15, -0.1) is 0 Å². The van der Waals surface area contributed by atoms with Crippen LogP contribution in [-0.4, -0.2) is 24.5 Å². The number of benzene rings is 1. The molecule has 0 bridgehead atoms. The predicted molar refractivity (Wildman–Crippen MR) is 70.4 cm³/mol. The first-order valence-corrected chi connectivity index (χ1v) is 6.72. The molecule has 120 valence electrons. The number of hydrazine groups is 1. The number of ether oxygens (including phenoxy) is 1. The van der Waals surface area contributed by atoms with Crippen LogP contribution >= 0.6 is 0 Å². The molecule has 0 aliphatic carbocycles. The molecule has 1 atom stereocenters. The molecule has 2 rings (SSSR count). The first-order chi connectivity index (χ1) is 10.4. The van der Waals surface area contributed by atoms with Gasteiger partial charge in [0, 0.05) is 6.61 Å². The van der Waals surface area contributed by atoms with E-state index in [1.807, 2.05) is 0 Å². The highest BCUT2D eigenvalue weighted by Gasteiger charge is 2.30. The lowest BCUT2D eigenvalue weighted by Gasteiger charge is -2.11. The summed E-state index contributed by atoms with van der Waals surface area (Å²) in [5.41, 5.74) is 4.09. The van der Waals surface area contributed by atoms with Crippen LogP contribution in [-0.2, 0) is 26.9 Å². The summed E-state index contributed by atoms with van der Waals surface area (Å²) in [6.45, 7) is 0.511. The van der Waals surface area contributed by atoms with Crippen LogP contribution in [0, 0.1) is 0 Å². The van der Waals surface area contributed by atoms with E-state index in [4.69, 9.17) is 4.74 Å². The number of carbonyl (C=O) groups excluding carboxylic acids is 2. The Balaban J connectivity index is 1.80. The van der Waals surface area contributed by atoms with Gasteiger partial charge in [-0.1, -0.05) is 12.1 Å². The first-order valence-electron chi connectivity index (χ1n) is 6.72. The average Bonchev–Trinajstić information content (AvgIpc) is 2.98. The fraction of sp³-hybridized carbons (Fsp3) is 0.429. The van der Waals surface area contributed by atoms with Gasteiger partial charge < -0.3 is 4.74 Å². The van der Waals surface area contributed by atoms with Crippen molar-refractivity contribution in [3.63, 3.8) is 0 Å². The van der Waals surface area contributed by atoms with E-state index in [9.17, 15) is 22.8 Å². The molecule has 1 heterocycles. The van der Waals surface area contributed by atoms with E-state index in [0.717, 1.165) is 18.6 Å². The van der Waals surface area contributed by atoms with Crippen molar-refractivity contribution in [2.24, 2.45) is 0 Å². The van der Waals surface area contributed by atoms with Crippen LogP contribution in [0.15, 0.2) is 24.3 Å². The number of rotatable bonds is 3. The highest BCUT2D eigenvalue weighted by atomic mass is 19.4. The van der Waals surface area contributed by atoms with E-state index in [2.05, 4.69) is 10.9 Å². The molecule has 5 nitrogen and oxygen atoms in total. The van der Waals surface area contributed by atoms with Crippen molar-refractivity contribution >= 4 is 11.8 Å². The second kappa shape index (κ2) is 6.78. The number of halogens is 3. The van der Waals surface area contributed by atoms with Gasteiger partial charge in [-0.05, 0) is 30.5 Å². The first kappa shape index (κ1) is 16.3. The molecule has 1 aromatic rings. The zero-order valence-corrected chi connectivity index (χ0v) is 11.6. The highest BCUT2D eigenvalue weighted by molar-refractivity contribution is 5.85. The smallest absolute Gasteiger partial charge is 0.368 e.